The Bertz CT molecular complexity index is 509. The highest BCUT2D eigenvalue weighted by Crippen LogP contribution is 2.21. The van der Waals surface area contributed by atoms with Crippen LogP contribution in [0.4, 0.5) is 0 Å². The molecule has 0 N–H and O–H groups in total. The molecule has 0 unspecified atom stereocenters. The third-order valence-corrected chi connectivity index (χ3v) is 8.25. The van der Waals surface area contributed by atoms with E-state index in [0.717, 1.165) is 19.6 Å². The first kappa shape index (κ1) is 15.2. The van der Waals surface area contributed by atoms with Crippen molar-refractivity contribution in [1.82, 2.24) is 9.21 Å². The molecule has 19 heavy (non-hydrogen) atoms. The van der Waals surface area contributed by atoms with E-state index in [4.69, 9.17) is 0 Å². The molecule has 112 valence electrons. The maximum atomic E-state index is 12.3. The maximum absolute atomic E-state index is 12.3. The summed E-state index contributed by atoms with van der Waals surface area (Å²) < 4.78 is 48.6. The van der Waals surface area contributed by atoms with Gasteiger partial charge < -0.3 is 4.90 Å². The van der Waals surface area contributed by atoms with Crippen molar-refractivity contribution in [3.63, 3.8) is 0 Å². The van der Waals surface area contributed by atoms with Crippen LogP contribution in [-0.2, 0) is 19.9 Å². The quantitative estimate of drug-likeness (QED) is 0.686. The summed E-state index contributed by atoms with van der Waals surface area (Å²) in [5.74, 6) is -0.222. The topological polar surface area (TPSA) is 74.8 Å². The maximum Gasteiger partial charge on any atom is 0.217 e. The van der Waals surface area contributed by atoms with Gasteiger partial charge >= 0.3 is 0 Å². The van der Waals surface area contributed by atoms with Crippen molar-refractivity contribution < 1.29 is 16.8 Å². The molecule has 0 saturated carbocycles. The molecule has 0 aromatic carbocycles. The van der Waals surface area contributed by atoms with E-state index in [1.165, 1.54) is 17.1 Å². The molecule has 0 spiro atoms. The van der Waals surface area contributed by atoms with Gasteiger partial charge in [-0.3, -0.25) is 0 Å². The second-order valence-electron chi connectivity index (χ2n) is 5.44. The molecule has 2 saturated heterocycles. The molecule has 2 aliphatic heterocycles. The Balaban J connectivity index is 1.91. The van der Waals surface area contributed by atoms with Crippen molar-refractivity contribution in [2.24, 2.45) is 0 Å². The lowest BCUT2D eigenvalue weighted by Gasteiger charge is -2.23. The van der Waals surface area contributed by atoms with Gasteiger partial charge in [0, 0.05) is 20.1 Å². The largest absolute Gasteiger partial charge is 0.302 e. The van der Waals surface area contributed by atoms with Gasteiger partial charge in [0.05, 0.1) is 16.8 Å². The number of hydrogen-bond acceptors (Lipinski definition) is 5. The zero-order valence-electron chi connectivity index (χ0n) is 11.3. The minimum absolute atomic E-state index is 0.00311. The predicted octanol–water partition coefficient (Wildman–Crippen LogP) is -0.469. The van der Waals surface area contributed by atoms with E-state index in [2.05, 4.69) is 4.90 Å². The molecule has 2 fully saturated rings. The number of sulfone groups is 1. The summed E-state index contributed by atoms with van der Waals surface area (Å²) in [5.41, 5.74) is 0. The molecular formula is C11H22N2O4S2. The first-order valence-corrected chi connectivity index (χ1v) is 10.0. The monoisotopic (exact) mass is 310 g/mol. The lowest BCUT2D eigenvalue weighted by molar-refractivity contribution is 0.309. The molecule has 2 heterocycles. The van der Waals surface area contributed by atoms with Crippen molar-refractivity contribution in [3.8, 4) is 0 Å². The van der Waals surface area contributed by atoms with Gasteiger partial charge in [0.25, 0.3) is 0 Å². The third kappa shape index (κ3) is 3.68. The zero-order valence-corrected chi connectivity index (χ0v) is 12.9. The van der Waals surface area contributed by atoms with Gasteiger partial charge in [-0.25, -0.2) is 21.1 Å². The van der Waals surface area contributed by atoms with Crippen LogP contribution >= 0.6 is 0 Å². The van der Waals surface area contributed by atoms with Crippen LogP contribution in [0.1, 0.15) is 19.3 Å². The molecule has 0 aromatic rings. The van der Waals surface area contributed by atoms with Gasteiger partial charge in [-0.05, 0) is 32.4 Å². The molecule has 8 heteroatoms. The molecule has 0 aromatic heterocycles. The number of likely N-dealkylation sites (N-methyl/N-ethyl adjacent to an activating group) is 1. The first-order valence-electron chi connectivity index (χ1n) is 6.69. The van der Waals surface area contributed by atoms with Crippen LogP contribution in [0, 0.1) is 0 Å². The van der Waals surface area contributed by atoms with E-state index >= 15 is 0 Å². The van der Waals surface area contributed by atoms with Gasteiger partial charge in [-0.15, -0.1) is 0 Å². The number of rotatable bonds is 5. The minimum atomic E-state index is -3.47. The molecule has 0 aliphatic carbocycles. The highest BCUT2D eigenvalue weighted by atomic mass is 32.2. The highest BCUT2D eigenvalue weighted by molar-refractivity contribution is 7.95. The second-order valence-corrected chi connectivity index (χ2v) is 9.99. The van der Waals surface area contributed by atoms with Crippen LogP contribution in [0.5, 0.6) is 0 Å². The summed E-state index contributed by atoms with van der Waals surface area (Å²) in [6.45, 7) is 3.24. The average molecular weight is 310 g/mol. The fourth-order valence-electron chi connectivity index (χ4n) is 2.67. The smallest absolute Gasteiger partial charge is 0.217 e. The normalized spacial score (nSPS) is 28.2. The molecule has 2 rings (SSSR count). The average Bonchev–Trinajstić information content (AvgIpc) is 2.95. The molecule has 0 amide bonds. The lowest BCUT2D eigenvalue weighted by Crippen LogP contribution is -2.40. The van der Waals surface area contributed by atoms with Crippen molar-refractivity contribution in [2.45, 2.75) is 24.5 Å². The fraction of sp³-hybridized carbons (Fsp3) is 1.00. The third-order valence-electron chi connectivity index (χ3n) is 3.98. The molecular weight excluding hydrogens is 288 g/mol. The van der Waals surface area contributed by atoms with Crippen LogP contribution in [0.15, 0.2) is 0 Å². The summed E-state index contributed by atoms with van der Waals surface area (Å²) in [5, 5.41) is -0.749. The van der Waals surface area contributed by atoms with Crippen molar-refractivity contribution in [2.75, 3.05) is 44.7 Å². The van der Waals surface area contributed by atoms with Crippen LogP contribution < -0.4 is 0 Å². The number of nitrogens with zero attached hydrogens (tertiary/aromatic N) is 2. The Morgan fingerprint density at radius 2 is 1.89 bits per heavy atom. The zero-order chi connectivity index (χ0) is 14.1. The van der Waals surface area contributed by atoms with E-state index < -0.39 is 25.1 Å². The Hall–Kier alpha value is -0.180. The lowest BCUT2D eigenvalue weighted by atomic mass is 10.4. The molecule has 0 bridgehead atoms. The van der Waals surface area contributed by atoms with E-state index in [9.17, 15) is 16.8 Å². The molecule has 1 atom stereocenters. The van der Waals surface area contributed by atoms with Gasteiger partial charge in [-0.2, -0.15) is 0 Å². The second kappa shape index (κ2) is 5.67. The van der Waals surface area contributed by atoms with E-state index in [0.29, 0.717) is 6.54 Å². The Morgan fingerprint density at radius 1 is 1.26 bits per heavy atom. The Labute approximate surface area is 115 Å². The van der Waals surface area contributed by atoms with Gasteiger partial charge in [0.15, 0.2) is 9.84 Å². The standard InChI is InChI=1S/C11H22N2O4S2/c1-12(7-8-13-5-2-3-6-13)19(16,17)11-4-9-18(14,15)10-11/h11H,2-10H2,1H3/t11-/m1/s1. The predicted molar refractivity (Wildman–Crippen MR) is 74.3 cm³/mol. The summed E-state index contributed by atoms with van der Waals surface area (Å²) in [7, 11) is -5.08. The van der Waals surface area contributed by atoms with E-state index in [1.54, 1.807) is 7.05 Å². The van der Waals surface area contributed by atoms with Crippen LogP contribution in [0.3, 0.4) is 0 Å². The molecule has 2 aliphatic rings. The van der Waals surface area contributed by atoms with Crippen molar-refractivity contribution >= 4 is 19.9 Å². The summed E-state index contributed by atoms with van der Waals surface area (Å²) in [6.07, 6.45) is 2.59. The highest BCUT2D eigenvalue weighted by Gasteiger charge is 2.39. The number of sulfonamides is 1. The molecule has 0 radical (unpaired) electrons. The molecule has 6 nitrogen and oxygen atoms in total. The summed E-state index contributed by atoms with van der Waals surface area (Å²) in [4.78, 5) is 2.25. The van der Waals surface area contributed by atoms with E-state index in [1.807, 2.05) is 0 Å². The Kier molecular flexibility index (Phi) is 4.54. The first-order chi connectivity index (χ1) is 8.81. The number of likely N-dealkylation sites (tertiary alicyclic amines) is 1. The van der Waals surface area contributed by atoms with Crippen LogP contribution in [-0.4, -0.2) is 76.0 Å². The van der Waals surface area contributed by atoms with Crippen LogP contribution in [0.25, 0.3) is 0 Å². The Morgan fingerprint density at radius 3 is 2.42 bits per heavy atom. The SMILES string of the molecule is CN(CCN1CCCC1)S(=O)(=O)[C@@H]1CCS(=O)(=O)C1. The van der Waals surface area contributed by atoms with E-state index in [-0.39, 0.29) is 17.9 Å². The van der Waals surface area contributed by atoms with Crippen molar-refractivity contribution in [3.05, 3.63) is 0 Å². The summed E-state index contributed by atoms with van der Waals surface area (Å²) >= 11 is 0. The fourth-order valence-corrected chi connectivity index (χ4v) is 6.93. The van der Waals surface area contributed by atoms with Crippen molar-refractivity contribution in [1.29, 1.82) is 0 Å². The van der Waals surface area contributed by atoms with Gasteiger partial charge in [0.2, 0.25) is 10.0 Å². The summed E-state index contributed by atoms with van der Waals surface area (Å²) in [6, 6.07) is 0. The van der Waals surface area contributed by atoms with Gasteiger partial charge in [-0.1, -0.05) is 0 Å². The van der Waals surface area contributed by atoms with Gasteiger partial charge in [0.1, 0.15) is 0 Å². The van der Waals surface area contributed by atoms with Crippen LogP contribution in [0.2, 0.25) is 0 Å². The number of hydrogen-bond donors (Lipinski definition) is 0. The minimum Gasteiger partial charge on any atom is -0.302 e.